The summed E-state index contributed by atoms with van der Waals surface area (Å²) in [5.74, 6) is -0.265. The van der Waals surface area contributed by atoms with Crippen LogP contribution >= 0.6 is 11.3 Å². The van der Waals surface area contributed by atoms with Gasteiger partial charge in [-0.15, -0.1) is 11.3 Å². The first-order valence-electron chi connectivity index (χ1n) is 5.67. The van der Waals surface area contributed by atoms with E-state index >= 15 is 0 Å². The van der Waals surface area contributed by atoms with Crippen LogP contribution < -0.4 is 11.1 Å². The second kappa shape index (κ2) is 7.07. The third-order valence-electron chi connectivity index (χ3n) is 2.27. The van der Waals surface area contributed by atoms with Gasteiger partial charge < -0.3 is 16.0 Å². The van der Waals surface area contributed by atoms with Crippen molar-refractivity contribution in [3.63, 3.8) is 0 Å². The molecule has 0 aliphatic carbocycles. The molecular formula is C11H18N4O2S. The molecule has 0 unspecified atom stereocenters. The molecule has 1 aromatic heterocycles. The highest BCUT2D eigenvalue weighted by Crippen LogP contribution is 2.09. The Morgan fingerprint density at radius 1 is 1.50 bits per heavy atom. The summed E-state index contributed by atoms with van der Waals surface area (Å²) in [6, 6.07) is 0. The minimum atomic E-state index is -0.249. The first-order chi connectivity index (χ1) is 8.54. The quantitative estimate of drug-likeness (QED) is 0.752. The molecule has 0 radical (unpaired) electrons. The summed E-state index contributed by atoms with van der Waals surface area (Å²) in [6.07, 6.45) is 0.968. The van der Waals surface area contributed by atoms with Crippen molar-refractivity contribution in [1.82, 2.24) is 15.2 Å². The van der Waals surface area contributed by atoms with Gasteiger partial charge in [-0.3, -0.25) is 9.59 Å². The topological polar surface area (TPSA) is 88.3 Å². The predicted molar refractivity (Wildman–Crippen MR) is 70.5 cm³/mol. The van der Waals surface area contributed by atoms with Crippen LogP contribution in [0.25, 0.3) is 0 Å². The third-order valence-corrected chi connectivity index (χ3v) is 3.17. The summed E-state index contributed by atoms with van der Waals surface area (Å²) < 4.78 is 0. The second-order valence-corrected chi connectivity index (χ2v) is 4.90. The number of nitrogens with one attached hydrogen (secondary N) is 1. The highest BCUT2D eigenvalue weighted by molar-refractivity contribution is 7.09. The van der Waals surface area contributed by atoms with Gasteiger partial charge in [0.1, 0.15) is 5.69 Å². The highest BCUT2D eigenvalue weighted by atomic mass is 32.1. The second-order valence-electron chi connectivity index (χ2n) is 3.96. The number of rotatable bonds is 6. The Morgan fingerprint density at radius 3 is 2.83 bits per heavy atom. The normalized spacial score (nSPS) is 10.2. The summed E-state index contributed by atoms with van der Waals surface area (Å²) in [5, 5.41) is 5.22. The lowest BCUT2D eigenvalue weighted by atomic mass is 10.3. The molecule has 0 atom stereocenters. The number of carbonyl (C=O) groups is 2. The molecule has 0 spiro atoms. The number of hydrogen-bond acceptors (Lipinski definition) is 5. The van der Waals surface area contributed by atoms with E-state index in [2.05, 4.69) is 10.3 Å². The van der Waals surface area contributed by atoms with Crippen LogP contribution in [0.2, 0.25) is 0 Å². The van der Waals surface area contributed by atoms with Crippen LogP contribution in [0.15, 0.2) is 5.38 Å². The van der Waals surface area contributed by atoms with Gasteiger partial charge in [-0.25, -0.2) is 4.98 Å². The van der Waals surface area contributed by atoms with Crippen LogP contribution in [-0.2, 0) is 11.2 Å². The number of amides is 2. The Bertz CT molecular complexity index is 417. The zero-order valence-corrected chi connectivity index (χ0v) is 11.4. The van der Waals surface area contributed by atoms with Gasteiger partial charge in [-0.05, 0) is 6.54 Å². The summed E-state index contributed by atoms with van der Waals surface area (Å²) in [4.78, 5) is 28.6. The molecule has 1 aromatic rings. The molecule has 0 saturated heterocycles. The molecule has 2 amide bonds. The average molecular weight is 270 g/mol. The Morgan fingerprint density at radius 2 is 2.22 bits per heavy atom. The van der Waals surface area contributed by atoms with Crippen LogP contribution in [0.1, 0.15) is 21.9 Å². The molecule has 100 valence electrons. The molecule has 0 aliphatic rings. The van der Waals surface area contributed by atoms with Gasteiger partial charge in [0.2, 0.25) is 5.91 Å². The molecule has 0 aliphatic heterocycles. The minimum absolute atomic E-state index is 0.0163. The third kappa shape index (κ3) is 4.42. The summed E-state index contributed by atoms with van der Waals surface area (Å²) in [5.41, 5.74) is 5.80. The number of aromatic nitrogens is 1. The minimum Gasteiger partial charge on any atom is -0.350 e. The van der Waals surface area contributed by atoms with E-state index in [0.29, 0.717) is 31.6 Å². The molecular weight excluding hydrogens is 252 g/mol. The van der Waals surface area contributed by atoms with Crippen LogP contribution in [0.4, 0.5) is 0 Å². The Kier molecular flexibility index (Phi) is 5.73. The van der Waals surface area contributed by atoms with Crippen LogP contribution in [0.5, 0.6) is 0 Å². The SMILES string of the molecule is CN(C)C(=O)CCNC(=O)c1csc(CCN)n1. The van der Waals surface area contributed by atoms with Gasteiger partial charge in [-0.1, -0.05) is 0 Å². The van der Waals surface area contributed by atoms with Crippen LogP contribution in [0, 0.1) is 0 Å². The molecule has 1 heterocycles. The summed E-state index contributed by atoms with van der Waals surface area (Å²) in [7, 11) is 3.37. The molecule has 0 aromatic carbocycles. The highest BCUT2D eigenvalue weighted by Gasteiger charge is 2.11. The van der Waals surface area contributed by atoms with Crippen molar-refractivity contribution < 1.29 is 9.59 Å². The van der Waals surface area contributed by atoms with Crippen molar-refractivity contribution in [3.05, 3.63) is 16.1 Å². The van der Waals surface area contributed by atoms with Crippen molar-refractivity contribution in [2.24, 2.45) is 5.73 Å². The number of nitrogens with two attached hydrogens (primary N) is 1. The largest absolute Gasteiger partial charge is 0.350 e. The maximum atomic E-state index is 11.7. The van der Waals surface area contributed by atoms with E-state index < -0.39 is 0 Å². The fraction of sp³-hybridized carbons (Fsp3) is 0.545. The monoisotopic (exact) mass is 270 g/mol. The number of carbonyl (C=O) groups excluding carboxylic acids is 2. The fourth-order valence-electron chi connectivity index (χ4n) is 1.25. The van der Waals surface area contributed by atoms with E-state index in [9.17, 15) is 9.59 Å². The molecule has 3 N–H and O–H groups in total. The summed E-state index contributed by atoms with van der Waals surface area (Å²) in [6.45, 7) is 0.839. The number of hydrogen-bond donors (Lipinski definition) is 2. The van der Waals surface area contributed by atoms with E-state index in [-0.39, 0.29) is 11.8 Å². The zero-order chi connectivity index (χ0) is 13.5. The van der Waals surface area contributed by atoms with Gasteiger partial charge in [0.25, 0.3) is 5.91 Å². The van der Waals surface area contributed by atoms with Gasteiger partial charge in [0.05, 0.1) is 5.01 Å². The average Bonchev–Trinajstić information content (AvgIpc) is 2.77. The van der Waals surface area contributed by atoms with Crippen molar-refractivity contribution in [2.45, 2.75) is 12.8 Å². The van der Waals surface area contributed by atoms with E-state index in [4.69, 9.17) is 5.73 Å². The van der Waals surface area contributed by atoms with E-state index in [1.165, 1.54) is 16.2 Å². The maximum Gasteiger partial charge on any atom is 0.270 e. The van der Waals surface area contributed by atoms with E-state index in [1.54, 1.807) is 19.5 Å². The number of nitrogens with zero attached hydrogens (tertiary/aromatic N) is 2. The first kappa shape index (κ1) is 14.6. The Hall–Kier alpha value is -1.47. The van der Waals surface area contributed by atoms with Crippen LogP contribution in [-0.4, -0.2) is 48.9 Å². The molecule has 18 heavy (non-hydrogen) atoms. The summed E-state index contributed by atoms with van der Waals surface area (Å²) >= 11 is 1.42. The lowest BCUT2D eigenvalue weighted by molar-refractivity contribution is -0.128. The molecule has 0 bridgehead atoms. The van der Waals surface area contributed by atoms with Gasteiger partial charge in [0.15, 0.2) is 0 Å². The predicted octanol–water partition coefficient (Wildman–Crippen LogP) is -0.148. The van der Waals surface area contributed by atoms with E-state index in [0.717, 1.165) is 5.01 Å². The molecule has 0 saturated carbocycles. The fourth-order valence-corrected chi connectivity index (χ4v) is 2.04. The zero-order valence-electron chi connectivity index (χ0n) is 10.6. The maximum absolute atomic E-state index is 11.7. The molecule has 7 heteroatoms. The van der Waals surface area contributed by atoms with Crippen molar-refractivity contribution >= 4 is 23.2 Å². The van der Waals surface area contributed by atoms with Crippen molar-refractivity contribution in [2.75, 3.05) is 27.2 Å². The van der Waals surface area contributed by atoms with Gasteiger partial charge in [-0.2, -0.15) is 0 Å². The van der Waals surface area contributed by atoms with Crippen molar-refractivity contribution in [3.8, 4) is 0 Å². The molecule has 6 nitrogen and oxygen atoms in total. The smallest absolute Gasteiger partial charge is 0.270 e. The first-order valence-corrected chi connectivity index (χ1v) is 6.55. The van der Waals surface area contributed by atoms with Gasteiger partial charge in [0, 0.05) is 38.9 Å². The standard InChI is InChI=1S/C11H18N4O2S/c1-15(2)10(16)4-6-13-11(17)8-7-18-9(14-8)3-5-12/h7H,3-6,12H2,1-2H3,(H,13,17). The van der Waals surface area contributed by atoms with Crippen LogP contribution in [0.3, 0.4) is 0 Å². The lowest BCUT2D eigenvalue weighted by Gasteiger charge is -2.09. The molecule has 0 fully saturated rings. The molecule has 1 rings (SSSR count). The van der Waals surface area contributed by atoms with Crippen molar-refractivity contribution in [1.29, 1.82) is 0 Å². The number of thiazole rings is 1. The lowest BCUT2D eigenvalue weighted by Crippen LogP contribution is -2.30. The van der Waals surface area contributed by atoms with Gasteiger partial charge >= 0.3 is 0 Å². The Labute approximate surface area is 110 Å². The van der Waals surface area contributed by atoms with E-state index in [1.807, 2.05) is 0 Å². The Balaban J connectivity index is 2.38.